The fourth-order valence-corrected chi connectivity index (χ4v) is 17.7. The Labute approximate surface area is 391 Å². The molecule has 358 valence electrons. The van der Waals surface area contributed by atoms with Crippen molar-refractivity contribution in [1.82, 2.24) is 24.8 Å². The van der Waals surface area contributed by atoms with Gasteiger partial charge in [0.25, 0.3) is 5.92 Å². The molecular formula is C50H62F3N7O6Si. The molecule has 4 saturated heterocycles. The van der Waals surface area contributed by atoms with Crippen LogP contribution in [0.15, 0.2) is 30.3 Å². The third-order valence-electron chi connectivity index (χ3n) is 15.1. The molecular weight excluding hydrogens is 880 g/mol. The molecule has 13 nitrogen and oxygen atoms in total. The molecule has 5 aliphatic heterocycles. The van der Waals surface area contributed by atoms with Gasteiger partial charge in [0.2, 0.25) is 5.88 Å². The largest absolute Gasteiger partial charge is 0.472 e. The molecule has 5 atom stereocenters. The molecule has 0 saturated carbocycles. The van der Waals surface area contributed by atoms with E-state index in [1.165, 1.54) is 4.90 Å². The third kappa shape index (κ3) is 8.09. The number of amides is 2. The van der Waals surface area contributed by atoms with Crippen LogP contribution in [0.3, 0.4) is 0 Å². The Morgan fingerprint density at radius 3 is 2.46 bits per heavy atom. The van der Waals surface area contributed by atoms with Crippen molar-refractivity contribution in [1.29, 1.82) is 0 Å². The predicted octanol–water partition coefficient (Wildman–Crippen LogP) is 10.6. The fraction of sp³-hybridized carbons (Fsp3) is 0.580. The number of nitrogens with one attached hydrogen (secondary N) is 1. The van der Waals surface area contributed by atoms with E-state index in [1.807, 2.05) is 30.0 Å². The highest BCUT2D eigenvalue weighted by molar-refractivity contribution is 6.90. The number of aromatic nitrogens is 3. The smallest absolute Gasteiger partial charge is 0.412 e. The Kier molecular flexibility index (Phi) is 11.7. The molecule has 0 radical (unpaired) electrons. The van der Waals surface area contributed by atoms with Gasteiger partial charge in [0, 0.05) is 35.2 Å². The number of hydrogen-bond donors (Lipinski definition) is 2. The van der Waals surface area contributed by atoms with Crippen molar-refractivity contribution >= 4 is 53.4 Å². The summed E-state index contributed by atoms with van der Waals surface area (Å²) in [6.45, 7) is 20.9. The minimum atomic E-state index is -2.88. The number of nitrogens with zero attached hydrogens (tertiary/aromatic N) is 6. The predicted molar refractivity (Wildman–Crippen MR) is 255 cm³/mol. The number of rotatable bonds is 8. The van der Waals surface area contributed by atoms with E-state index in [2.05, 4.69) is 58.3 Å². The number of carbonyl (C=O) groups is 2. The van der Waals surface area contributed by atoms with Gasteiger partial charge in [-0.1, -0.05) is 59.6 Å². The van der Waals surface area contributed by atoms with Crippen LogP contribution in [0.4, 0.5) is 34.3 Å². The van der Waals surface area contributed by atoms with Gasteiger partial charge in [0.1, 0.15) is 48.8 Å². The Balaban J connectivity index is 1.27. The maximum atomic E-state index is 18.3. The number of fused-ring (bicyclic) bond motifs is 7. The van der Waals surface area contributed by atoms with Gasteiger partial charge in [0.05, 0.1) is 30.2 Å². The molecule has 2 N–H and O–H groups in total. The molecule has 4 unspecified atom stereocenters. The summed E-state index contributed by atoms with van der Waals surface area (Å²) < 4.78 is 66.9. The Morgan fingerprint density at radius 1 is 1.04 bits per heavy atom. The summed E-state index contributed by atoms with van der Waals surface area (Å²) in [4.78, 5) is 45.9. The van der Waals surface area contributed by atoms with E-state index < -0.39 is 61.3 Å². The van der Waals surface area contributed by atoms with E-state index in [4.69, 9.17) is 29.2 Å². The summed E-state index contributed by atoms with van der Waals surface area (Å²) in [5.74, 6) is 0.196. The second kappa shape index (κ2) is 16.7. The molecule has 2 bridgehead atoms. The van der Waals surface area contributed by atoms with E-state index in [1.54, 1.807) is 37.8 Å². The summed E-state index contributed by atoms with van der Waals surface area (Å²) in [5, 5.41) is 14.7. The zero-order chi connectivity index (χ0) is 48.1. The van der Waals surface area contributed by atoms with Crippen LogP contribution in [0.2, 0.25) is 16.6 Å². The Morgan fingerprint density at radius 2 is 1.78 bits per heavy atom. The summed E-state index contributed by atoms with van der Waals surface area (Å²) in [6.07, 6.45) is -0.314. The van der Waals surface area contributed by atoms with Crippen molar-refractivity contribution in [3.05, 3.63) is 41.7 Å². The number of carbonyl (C=O) groups excluding carboxylic acids is 1. The first-order valence-corrected chi connectivity index (χ1v) is 26.0. The Bertz CT molecular complexity index is 2700. The number of carboxylic acid groups (broad SMARTS) is 1. The van der Waals surface area contributed by atoms with Gasteiger partial charge in [-0.15, -0.1) is 5.54 Å². The number of halogens is 3. The van der Waals surface area contributed by atoms with Gasteiger partial charge < -0.3 is 24.2 Å². The van der Waals surface area contributed by atoms with Crippen LogP contribution in [-0.4, -0.2) is 118 Å². The van der Waals surface area contributed by atoms with E-state index in [0.717, 1.165) is 6.42 Å². The zero-order valence-corrected chi connectivity index (χ0v) is 41.1. The summed E-state index contributed by atoms with van der Waals surface area (Å²) in [5.41, 5.74) is 4.11. The summed E-state index contributed by atoms with van der Waals surface area (Å²) in [6, 6.07) is 7.55. The molecule has 4 aromatic rings. The number of anilines is 2. The fourth-order valence-electron chi connectivity index (χ4n) is 12.5. The van der Waals surface area contributed by atoms with Gasteiger partial charge in [-0.05, 0) is 100 Å². The van der Waals surface area contributed by atoms with Gasteiger partial charge in [0.15, 0.2) is 5.82 Å². The molecule has 2 aromatic heterocycles. The highest BCUT2D eigenvalue weighted by atomic mass is 28.3. The molecule has 5 aliphatic rings. The normalized spacial score (nSPS) is 24.4. The van der Waals surface area contributed by atoms with Crippen molar-refractivity contribution in [2.45, 2.75) is 159 Å². The molecule has 0 aliphatic carbocycles. The van der Waals surface area contributed by atoms with Crippen molar-refractivity contribution < 1.29 is 42.1 Å². The topological polar surface area (TPSA) is 142 Å². The number of benzene rings is 2. The Hall–Kier alpha value is -5.34. The molecule has 2 aromatic carbocycles. The second-order valence-corrected chi connectivity index (χ2v) is 26.9. The average molecular weight is 942 g/mol. The van der Waals surface area contributed by atoms with Crippen LogP contribution in [-0.2, 0) is 4.74 Å². The zero-order valence-electron chi connectivity index (χ0n) is 40.1. The maximum absolute atomic E-state index is 18.3. The third-order valence-corrected chi connectivity index (χ3v) is 21.4. The van der Waals surface area contributed by atoms with Crippen LogP contribution in [0, 0.1) is 17.3 Å². The summed E-state index contributed by atoms with van der Waals surface area (Å²) in [7, 11) is -2.26. The quantitative estimate of drug-likeness (QED) is 0.129. The highest BCUT2D eigenvalue weighted by Crippen LogP contribution is 2.49. The lowest BCUT2D eigenvalue weighted by molar-refractivity contribution is 0.00801. The lowest BCUT2D eigenvalue weighted by Crippen LogP contribution is -2.64. The highest BCUT2D eigenvalue weighted by Gasteiger charge is 2.58. The van der Waals surface area contributed by atoms with Crippen LogP contribution >= 0.6 is 0 Å². The number of piperazine rings is 1. The van der Waals surface area contributed by atoms with Gasteiger partial charge in [-0.2, -0.15) is 9.97 Å². The van der Waals surface area contributed by atoms with Gasteiger partial charge >= 0.3 is 18.2 Å². The van der Waals surface area contributed by atoms with E-state index in [-0.39, 0.29) is 66.5 Å². The van der Waals surface area contributed by atoms with E-state index >= 15 is 4.39 Å². The number of alkyl halides is 2. The average Bonchev–Trinajstić information content (AvgIpc) is 3.81. The SMILES string of the molecule is CC1Oc2nc(-c3cc(NC(=O)OC(C)(C)C)cc4cccc(C#C[Si](C(C)C)(C(C)C)C(C)C)c34)c(F)c3nc(OC[C@@]45CCCN4CC(F)(F)C5)nc(c23)N2CC3CCC(C12)N3C(=O)O. The molecule has 2 amide bonds. The first kappa shape index (κ1) is 46.8. The molecule has 0 spiro atoms. The van der Waals surface area contributed by atoms with Crippen LogP contribution in [0.1, 0.15) is 107 Å². The minimum Gasteiger partial charge on any atom is -0.472 e. The van der Waals surface area contributed by atoms with Crippen LogP contribution < -0.4 is 19.7 Å². The number of ether oxygens (including phenoxy) is 3. The van der Waals surface area contributed by atoms with E-state index in [9.17, 15) is 23.5 Å². The van der Waals surface area contributed by atoms with Crippen LogP contribution in [0.25, 0.3) is 32.9 Å². The minimum absolute atomic E-state index is 0.0386. The maximum Gasteiger partial charge on any atom is 0.412 e. The van der Waals surface area contributed by atoms with Crippen LogP contribution in [0.5, 0.6) is 11.9 Å². The summed E-state index contributed by atoms with van der Waals surface area (Å²) >= 11 is 0. The molecule has 9 rings (SSSR count). The first-order chi connectivity index (χ1) is 31.5. The lowest BCUT2D eigenvalue weighted by Gasteiger charge is -2.47. The monoisotopic (exact) mass is 941 g/mol. The standard InChI is InChI=1S/C50H62F3N7O6Si/c1-27(2)67(28(3)4,29(5)6)20-17-31-13-11-14-32-21-33(54-46(61)66-48(8,9)10)22-35(37(31)32)40-39(51)41-38-43(57-45(56-41)64-26-49-18-12-19-58(49)25-50(52,53)24-49)59-23-34-15-16-36(60(34)47(62)63)42(59)30(7)65-44(38)55-40/h11,13-14,21-22,27-30,34,36,42H,12,15-16,18-19,23-26H2,1-10H3,(H,54,61)(H,62,63)/t30?,34?,36?,42?,49-/m0/s1. The van der Waals surface area contributed by atoms with Crippen molar-refractivity contribution in [2.24, 2.45) is 0 Å². The second-order valence-electron chi connectivity index (χ2n) is 21.4. The van der Waals surface area contributed by atoms with Gasteiger partial charge in [-0.3, -0.25) is 15.1 Å². The molecule has 7 heterocycles. The molecule has 17 heteroatoms. The van der Waals surface area contributed by atoms with Crippen molar-refractivity contribution in [3.63, 3.8) is 0 Å². The van der Waals surface area contributed by atoms with Crippen molar-refractivity contribution in [2.75, 3.05) is 36.5 Å². The van der Waals surface area contributed by atoms with Gasteiger partial charge in [-0.25, -0.2) is 27.7 Å². The number of hydrogen-bond acceptors (Lipinski definition) is 10. The van der Waals surface area contributed by atoms with E-state index in [0.29, 0.717) is 70.0 Å². The molecule has 4 fully saturated rings. The molecule has 67 heavy (non-hydrogen) atoms. The van der Waals surface area contributed by atoms with Crippen molar-refractivity contribution in [3.8, 4) is 34.6 Å². The lowest BCUT2D eigenvalue weighted by atomic mass is 9.94. The number of pyridine rings is 1. The first-order valence-electron chi connectivity index (χ1n) is 23.7.